The SMILES string of the molecule is COc1ccc(C)cc1[C@H](C)NC(=O)c1ccc(Cl)c(N2CCCC2=O)c1. The number of rotatable bonds is 5. The van der Waals surface area contributed by atoms with Crippen LogP contribution >= 0.6 is 11.6 Å². The van der Waals surface area contributed by atoms with Crippen LogP contribution in [0.15, 0.2) is 36.4 Å². The summed E-state index contributed by atoms with van der Waals surface area (Å²) in [5.74, 6) is 0.538. The van der Waals surface area contributed by atoms with Gasteiger partial charge in [-0.3, -0.25) is 9.59 Å². The number of nitrogens with zero attached hydrogens (tertiary/aromatic N) is 1. The highest BCUT2D eigenvalue weighted by Crippen LogP contribution is 2.31. The summed E-state index contributed by atoms with van der Waals surface area (Å²) in [5.41, 5.74) is 3.06. The molecule has 1 aliphatic rings. The van der Waals surface area contributed by atoms with Gasteiger partial charge in [-0.25, -0.2) is 0 Å². The maximum absolute atomic E-state index is 12.8. The average Bonchev–Trinajstić information content (AvgIpc) is 3.07. The Kier molecular flexibility index (Phi) is 5.71. The second-order valence-corrected chi connectivity index (χ2v) is 7.16. The van der Waals surface area contributed by atoms with E-state index in [4.69, 9.17) is 16.3 Å². The lowest BCUT2D eigenvalue weighted by Gasteiger charge is -2.20. The fourth-order valence-corrected chi connectivity index (χ4v) is 3.53. The second-order valence-electron chi connectivity index (χ2n) is 6.76. The van der Waals surface area contributed by atoms with Crippen molar-refractivity contribution in [3.8, 4) is 5.75 Å². The van der Waals surface area contributed by atoms with Gasteiger partial charge in [0, 0.05) is 24.1 Å². The molecular weight excluding hydrogens is 364 g/mol. The fourth-order valence-electron chi connectivity index (χ4n) is 3.31. The molecule has 1 aliphatic heterocycles. The Morgan fingerprint density at radius 2 is 2.04 bits per heavy atom. The molecule has 1 heterocycles. The number of carbonyl (C=O) groups is 2. The zero-order valence-corrected chi connectivity index (χ0v) is 16.5. The van der Waals surface area contributed by atoms with Crippen molar-refractivity contribution in [2.75, 3.05) is 18.6 Å². The molecule has 0 radical (unpaired) electrons. The van der Waals surface area contributed by atoms with Crippen LogP contribution in [0, 0.1) is 6.92 Å². The molecule has 1 saturated heterocycles. The highest BCUT2D eigenvalue weighted by Gasteiger charge is 2.25. The number of ether oxygens (including phenoxy) is 1. The number of amides is 2. The number of carbonyl (C=O) groups excluding carboxylic acids is 2. The van der Waals surface area contributed by atoms with Gasteiger partial charge in [-0.15, -0.1) is 0 Å². The van der Waals surface area contributed by atoms with Crippen LogP contribution in [-0.2, 0) is 4.79 Å². The first-order valence-corrected chi connectivity index (χ1v) is 9.34. The molecule has 0 bridgehead atoms. The Hall–Kier alpha value is -2.53. The van der Waals surface area contributed by atoms with Gasteiger partial charge in [0.1, 0.15) is 5.75 Å². The minimum atomic E-state index is -0.236. The minimum absolute atomic E-state index is 0.0346. The molecule has 1 N–H and O–H groups in total. The van der Waals surface area contributed by atoms with Crippen molar-refractivity contribution in [1.29, 1.82) is 0 Å². The quantitative estimate of drug-likeness (QED) is 0.834. The molecule has 2 amide bonds. The summed E-state index contributed by atoms with van der Waals surface area (Å²) in [6.07, 6.45) is 1.31. The van der Waals surface area contributed by atoms with E-state index < -0.39 is 0 Å². The monoisotopic (exact) mass is 386 g/mol. The van der Waals surface area contributed by atoms with Crippen LogP contribution in [0.25, 0.3) is 0 Å². The van der Waals surface area contributed by atoms with Gasteiger partial charge in [0.05, 0.1) is 23.9 Å². The van der Waals surface area contributed by atoms with Crippen LogP contribution in [-0.4, -0.2) is 25.5 Å². The molecule has 0 aliphatic carbocycles. The molecule has 0 unspecified atom stereocenters. The Morgan fingerprint density at radius 1 is 1.26 bits per heavy atom. The number of halogens is 1. The third-order valence-electron chi connectivity index (χ3n) is 4.77. The molecular formula is C21H23ClN2O3. The Balaban J connectivity index is 1.82. The normalized spacial score (nSPS) is 15.0. The smallest absolute Gasteiger partial charge is 0.251 e. The van der Waals surface area contributed by atoms with Gasteiger partial charge >= 0.3 is 0 Å². The fraction of sp³-hybridized carbons (Fsp3) is 0.333. The maximum Gasteiger partial charge on any atom is 0.251 e. The molecule has 142 valence electrons. The molecule has 2 aromatic carbocycles. The summed E-state index contributed by atoms with van der Waals surface area (Å²) in [7, 11) is 1.61. The Labute approximate surface area is 164 Å². The van der Waals surface area contributed by atoms with E-state index >= 15 is 0 Å². The van der Waals surface area contributed by atoms with Gasteiger partial charge in [-0.1, -0.05) is 29.3 Å². The lowest BCUT2D eigenvalue weighted by atomic mass is 10.0. The first-order valence-electron chi connectivity index (χ1n) is 8.96. The number of nitrogens with one attached hydrogen (secondary N) is 1. The van der Waals surface area contributed by atoms with E-state index in [9.17, 15) is 9.59 Å². The van der Waals surface area contributed by atoms with E-state index in [1.54, 1.807) is 30.2 Å². The summed E-state index contributed by atoms with van der Waals surface area (Å²) in [4.78, 5) is 26.4. The van der Waals surface area contributed by atoms with Gasteiger partial charge in [-0.05, 0) is 44.5 Å². The average molecular weight is 387 g/mol. The van der Waals surface area contributed by atoms with E-state index in [0.29, 0.717) is 29.2 Å². The first kappa shape index (κ1) is 19.2. The molecule has 6 heteroatoms. The lowest BCUT2D eigenvalue weighted by Crippen LogP contribution is -2.28. The van der Waals surface area contributed by atoms with Crippen molar-refractivity contribution in [3.63, 3.8) is 0 Å². The van der Waals surface area contributed by atoms with Crippen LogP contribution in [0.1, 0.15) is 47.3 Å². The van der Waals surface area contributed by atoms with Gasteiger partial charge in [0.15, 0.2) is 0 Å². The van der Waals surface area contributed by atoms with Crippen molar-refractivity contribution in [2.45, 2.75) is 32.7 Å². The zero-order valence-electron chi connectivity index (χ0n) is 15.7. The van der Waals surface area contributed by atoms with Crippen molar-refractivity contribution >= 4 is 29.1 Å². The lowest BCUT2D eigenvalue weighted by molar-refractivity contribution is -0.117. The molecule has 1 atom stereocenters. The van der Waals surface area contributed by atoms with Crippen molar-refractivity contribution < 1.29 is 14.3 Å². The zero-order chi connectivity index (χ0) is 19.6. The third kappa shape index (κ3) is 4.08. The highest BCUT2D eigenvalue weighted by molar-refractivity contribution is 6.34. The van der Waals surface area contributed by atoms with Crippen molar-refractivity contribution in [3.05, 3.63) is 58.1 Å². The number of methoxy groups -OCH3 is 1. The summed E-state index contributed by atoms with van der Waals surface area (Å²) < 4.78 is 5.41. The second kappa shape index (κ2) is 8.01. The topological polar surface area (TPSA) is 58.6 Å². The highest BCUT2D eigenvalue weighted by atomic mass is 35.5. The number of hydrogen-bond donors (Lipinski definition) is 1. The summed E-state index contributed by atoms with van der Waals surface area (Å²) in [5, 5.41) is 3.47. The molecule has 2 aromatic rings. The minimum Gasteiger partial charge on any atom is -0.496 e. The van der Waals surface area contributed by atoms with Crippen molar-refractivity contribution in [2.24, 2.45) is 0 Å². The summed E-state index contributed by atoms with van der Waals surface area (Å²) in [6.45, 7) is 4.53. The van der Waals surface area contributed by atoms with Crippen LogP contribution in [0.4, 0.5) is 5.69 Å². The maximum atomic E-state index is 12.8. The molecule has 1 fully saturated rings. The molecule has 0 spiro atoms. The van der Waals surface area contributed by atoms with Gasteiger partial charge in [0.25, 0.3) is 5.91 Å². The molecule has 3 rings (SSSR count). The van der Waals surface area contributed by atoms with E-state index in [2.05, 4.69) is 5.32 Å². The van der Waals surface area contributed by atoms with Gasteiger partial charge in [0.2, 0.25) is 5.91 Å². The van der Waals surface area contributed by atoms with E-state index in [1.165, 1.54) is 0 Å². The number of aryl methyl sites for hydroxylation is 1. The van der Waals surface area contributed by atoms with Crippen LogP contribution in [0.3, 0.4) is 0 Å². The van der Waals surface area contributed by atoms with Crippen molar-refractivity contribution in [1.82, 2.24) is 5.32 Å². The molecule has 27 heavy (non-hydrogen) atoms. The number of anilines is 1. The van der Waals surface area contributed by atoms with Crippen LogP contribution in [0.5, 0.6) is 5.75 Å². The van der Waals surface area contributed by atoms with E-state index in [1.807, 2.05) is 32.0 Å². The standard InChI is InChI=1S/C21H23ClN2O3/c1-13-6-9-19(27-3)16(11-13)14(2)23-21(26)15-7-8-17(22)18(12-15)24-10-4-5-20(24)25/h6-9,11-12,14H,4-5,10H2,1-3H3,(H,23,26)/t14-/m0/s1. The summed E-state index contributed by atoms with van der Waals surface area (Å²) in [6, 6.07) is 10.6. The Morgan fingerprint density at radius 3 is 2.70 bits per heavy atom. The molecule has 0 aromatic heterocycles. The largest absolute Gasteiger partial charge is 0.496 e. The van der Waals surface area contributed by atoms with Crippen LogP contribution in [0.2, 0.25) is 5.02 Å². The molecule has 5 nitrogen and oxygen atoms in total. The predicted octanol–water partition coefficient (Wildman–Crippen LogP) is 4.27. The van der Waals surface area contributed by atoms with E-state index in [-0.39, 0.29) is 17.9 Å². The van der Waals surface area contributed by atoms with Gasteiger partial charge < -0.3 is 15.0 Å². The summed E-state index contributed by atoms with van der Waals surface area (Å²) >= 11 is 6.26. The van der Waals surface area contributed by atoms with E-state index in [0.717, 1.165) is 23.3 Å². The molecule has 0 saturated carbocycles. The van der Waals surface area contributed by atoms with Gasteiger partial charge in [-0.2, -0.15) is 0 Å². The first-order chi connectivity index (χ1) is 12.9. The number of hydrogen-bond acceptors (Lipinski definition) is 3. The number of benzene rings is 2. The van der Waals surface area contributed by atoms with Crippen LogP contribution < -0.4 is 15.0 Å². The predicted molar refractivity (Wildman–Crippen MR) is 107 cm³/mol. The Bertz CT molecular complexity index is 882. The third-order valence-corrected chi connectivity index (χ3v) is 5.09.